The summed E-state index contributed by atoms with van der Waals surface area (Å²) in [5.41, 5.74) is 1.09. The largest absolute Gasteiger partial charge is 0.342 e. The summed E-state index contributed by atoms with van der Waals surface area (Å²) in [6, 6.07) is 9.80. The van der Waals surface area contributed by atoms with Crippen LogP contribution in [-0.2, 0) is 21.2 Å². The van der Waals surface area contributed by atoms with Crippen molar-refractivity contribution in [3.05, 3.63) is 35.9 Å². The predicted molar refractivity (Wildman–Crippen MR) is 97.7 cm³/mol. The molecule has 0 bridgehead atoms. The zero-order chi connectivity index (χ0) is 17.3. The van der Waals surface area contributed by atoms with E-state index < -0.39 is 9.84 Å². The van der Waals surface area contributed by atoms with Crippen molar-refractivity contribution in [2.24, 2.45) is 10.9 Å². The third kappa shape index (κ3) is 4.00. The van der Waals surface area contributed by atoms with Crippen molar-refractivity contribution in [1.82, 2.24) is 4.90 Å². The van der Waals surface area contributed by atoms with Gasteiger partial charge in [-0.15, -0.1) is 0 Å². The van der Waals surface area contributed by atoms with Gasteiger partial charge in [0.1, 0.15) is 0 Å². The summed E-state index contributed by atoms with van der Waals surface area (Å²) in [4.78, 5) is 18.4. The molecule has 0 radical (unpaired) electrons. The Morgan fingerprint density at radius 3 is 2.67 bits per heavy atom. The number of fused-ring (bicyclic) bond motifs is 1. The van der Waals surface area contributed by atoms with Gasteiger partial charge in [-0.1, -0.05) is 55.9 Å². The molecule has 1 aromatic carbocycles. The quantitative estimate of drug-likeness (QED) is 0.818. The monoisotopic (exact) mass is 366 g/mol. The summed E-state index contributed by atoms with van der Waals surface area (Å²) >= 11 is 1.44. The summed E-state index contributed by atoms with van der Waals surface area (Å²) in [6.45, 7) is 4.56. The minimum atomic E-state index is -3.00. The molecule has 0 aromatic heterocycles. The first-order valence-electron chi connectivity index (χ1n) is 8.13. The number of carbonyl (C=O) groups is 1. The number of sulfone groups is 1. The number of aliphatic imine (C=N–C) groups is 1. The van der Waals surface area contributed by atoms with E-state index in [0.29, 0.717) is 18.1 Å². The van der Waals surface area contributed by atoms with Crippen LogP contribution in [0.1, 0.15) is 25.8 Å². The van der Waals surface area contributed by atoms with Crippen LogP contribution < -0.4 is 0 Å². The fourth-order valence-electron chi connectivity index (χ4n) is 3.10. The number of benzene rings is 1. The van der Waals surface area contributed by atoms with Crippen LogP contribution in [0.3, 0.4) is 0 Å². The van der Waals surface area contributed by atoms with Gasteiger partial charge >= 0.3 is 0 Å². The predicted octanol–water partition coefficient (Wildman–Crippen LogP) is 2.33. The fraction of sp³-hybridized carbons (Fsp3) is 0.529. The third-order valence-corrected chi connectivity index (χ3v) is 7.42. The van der Waals surface area contributed by atoms with Gasteiger partial charge in [0.05, 0.1) is 17.5 Å². The van der Waals surface area contributed by atoms with Crippen molar-refractivity contribution in [1.29, 1.82) is 0 Å². The Kier molecular flexibility index (Phi) is 5.01. The summed E-state index contributed by atoms with van der Waals surface area (Å²) in [6.07, 6.45) is 0.414. The molecule has 2 fully saturated rings. The average molecular weight is 367 g/mol. The number of rotatable bonds is 4. The van der Waals surface area contributed by atoms with E-state index in [1.165, 1.54) is 11.8 Å². The SMILES string of the molecule is CC(C)CC(=O)N=C1S[C@@H]2CS(=O)(=O)C[C@H]2N1Cc1ccccc1. The van der Waals surface area contributed by atoms with Crippen molar-refractivity contribution >= 4 is 32.7 Å². The molecule has 0 aliphatic carbocycles. The highest BCUT2D eigenvalue weighted by atomic mass is 32.2. The lowest BCUT2D eigenvalue weighted by Gasteiger charge is -2.24. The van der Waals surface area contributed by atoms with Gasteiger partial charge in [-0.2, -0.15) is 4.99 Å². The van der Waals surface area contributed by atoms with E-state index >= 15 is 0 Å². The molecule has 1 aromatic rings. The maximum Gasteiger partial charge on any atom is 0.248 e. The first kappa shape index (κ1) is 17.5. The molecule has 0 N–H and O–H groups in total. The lowest BCUT2D eigenvalue weighted by Crippen LogP contribution is -2.37. The van der Waals surface area contributed by atoms with Crippen LogP contribution in [0.25, 0.3) is 0 Å². The second kappa shape index (κ2) is 6.88. The van der Waals surface area contributed by atoms with Crippen LogP contribution in [-0.4, -0.2) is 47.2 Å². The van der Waals surface area contributed by atoms with Gasteiger partial charge in [0.15, 0.2) is 15.0 Å². The molecule has 5 nitrogen and oxygen atoms in total. The van der Waals surface area contributed by atoms with Gasteiger partial charge < -0.3 is 4.90 Å². The van der Waals surface area contributed by atoms with E-state index in [2.05, 4.69) is 4.99 Å². The van der Waals surface area contributed by atoms with Crippen molar-refractivity contribution in [3.63, 3.8) is 0 Å². The number of nitrogens with zero attached hydrogens (tertiary/aromatic N) is 2. The van der Waals surface area contributed by atoms with Gasteiger partial charge in [0.25, 0.3) is 0 Å². The molecule has 0 spiro atoms. The van der Waals surface area contributed by atoms with E-state index in [1.807, 2.05) is 49.1 Å². The highest BCUT2D eigenvalue weighted by Gasteiger charge is 2.48. The Hall–Kier alpha value is -1.34. The second-order valence-electron chi connectivity index (χ2n) is 6.80. The van der Waals surface area contributed by atoms with Gasteiger partial charge in [0.2, 0.25) is 5.91 Å². The number of hydrogen-bond acceptors (Lipinski definition) is 4. The zero-order valence-corrected chi connectivity index (χ0v) is 15.5. The molecule has 1 amide bonds. The molecule has 0 unspecified atom stereocenters. The Balaban J connectivity index is 1.85. The maximum atomic E-state index is 12.1. The number of thioether (sulfide) groups is 1. The Bertz CT molecular complexity index is 744. The van der Waals surface area contributed by atoms with Crippen molar-refractivity contribution in [2.75, 3.05) is 11.5 Å². The lowest BCUT2D eigenvalue weighted by molar-refractivity contribution is -0.118. The minimum Gasteiger partial charge on any atom is -0.342 e. The van der Waals surface area contributed by atoms with Crippen LogP contribution >= 0.6 is 11.8 Å². The molecular weight excluding hydrogens is 344 g/mol. The van der Waals surface area contributed by atoms with Crippen LogP contribution in [0.5, 0.6) is 0 Å². The maximum absolute atomic E-state index is 12.1. The Morgan fingerprint density at radius 2 is 2.00 bits per heavy atom. The molecule has 0 saturated carbocycles. The van der Waals surface area contributed by atoms with E-state index in [-0.39, 0.29) is 34.6 Å². The third-order valence-electron chi connectivity index (χ3n) is 4.17. The molecular formula is C17H22N2O3S2. The minimum absolute atomic E-state index is 0.0238. The van der Waals surface area contributed by atoms with Crippen LogP contribution in [0.2, 0.25) is 0 Å². The zero-order valence-electron chi connectivity index (χ0n) is 13.9. The van der Waals surface area contributed by atoms with Crippen molar-refractivity contribution < 1.29 is 13.2 Å². The summed E-state index contributed by atoms with van der Waals surface area (Å²) < 4.78 is 23.9. The average Bonchev–Trinajstić information content (AvgIpc) is 2.92. The van der Waals surface area contributed by atoms with Gasteiger partial charge in [-0.05, 0) is 11.5 Å². The highest BCUT2D eigenvalue weighted by Crippen LogP contribution is 2.39. The van der Waals surface area contributed by atoms with Gasteiger partial charge in [-0.3, -0.25) is 4.79 Å². The highest BCUT2D eigenvalue weighted by molar-refractivity contribution is 8.15. The second-order valence-corrected chi connectivity index (χ2v) is 10.2. The number of amides is 1. The Morgan fingerprint density at radius 1 is 1.29 bits per heavy atom. The summed E-state index contributed by atoms with van der Waals surface area (Å²) in [5, 5.41) is 0.652. The molecule has 2 atom stereocenters. The number of hydrogen-bond donors (Lipinski definition) is 0. The van der Waals surface area contributed by atoms with Gasteiger partial charge in [-0.25, -0.2) is 8.42 Å². The molecule has 2 aliphatic rings. The van der Waals surface area contributed by atoms with E-state index in [0.717, 1.165) is 5.56 Å². The molecule has 7 heteroatoms. The van der Waals surface area contributed by atoms with Gasteiger partial charge in [0, 0.05) is 18.2 Å². The summed E-state index contributed by atoms with van der Waals surface area (Å²) in [7, 11) is -3.00. The molecule has 130 valence electrons. The van der Waals surface area contributed by atoms with Crippen LogP contribution in [0, 0.1) is 5.92 Å². The lowest BCUT2D eigenvalue weighted by atomic mass is 10.1. The molecule has 2 aliphatic heterocycles. The van der Waals surface area contributed by atoms with E-state index in [4.69, 9.17) is 0 Å². The first-order valence-corrected chi connectivity index (χ1v) is 10.8. The standard InChI is InChI=1S/C17H22N2O3S2/c1-12(2)8-16(20)18-17-19(9-13-6-4-3-5-7-13)14-10-24(21,22)11-15(14)23-17/h3-7,12,14-15H,8-11H2,1-2H3/t14-,15-/m1/s1. The number of amidine groups is 1. The molecule has 2 saturated heterocycles. The summed E-state index contributed by atoms with van der Waals surface area (Å²) in [5.74, 6) is 0.448. The first-order chi connectivity index (χ1) is 11.3. The smallest absolute Gasteiger partial charge is 0.248 e. The van der Waals surface area contributed by atoms with Crippen LogP contribution in [0.4, 0.5) is 0 Å². The van der Waals surface area contributed by atoms with E-state index in [9.17, 15) is 13.2 Å². The molecule has 3 rings (SSSR count). The van der Waals surface area contributed by atoms with Crippen molar-refractivity contribution in [3.8, 4) is 0 Å². The van der Waals surface area contributed by atoms with Crippen molar-refractivity contribution in [2.45, 2.75) is 38.1 Å². The van der Waals surface area contributed by atoms with E-state index in [1.54, 1.807) is 0 Å². The normalized spacial score (nSPS) is 27.0. The number of carbonyl (C=O) groups excluding carboxylic acids is 1. The fourth-order valence-corrected chi connectivity index (χ4v) is 7.07. The Labute approximate surface area is 147 Å². The molecule has 2 heterocycles. The van der Waals surface area contributed by atoms with Crippen LogP contribution in [0.15, 0.2) is 35.3 Å². The molecule has 24 heavy (non-hydrogen) atoms. The topological polar surface area (TPSA) is 66.8 Å².